The molecule has 2 rings (SSSR count). The Morgan fingerprint density at radius 1 is 1.21 bits per heavy atom. The monoisotopic (exact) mass is 366 g/mol. The van der Waals surface area contributed by atoms with E-state index < -0.39 is 0 Å². The molecule has 0 aliphatic rings. The quantitative estimate of drug-likeness (QED) is 0.618. The molecule has 0 fully saturated rings. The number of hydrogen-bond donors (Lipinski definition) is 1. The summed E-state index contributed by atoms with van der Waals surface area (Å²) in [7, 11) is 0. The smallest absolute Gasteiger partial charge is 0.255 e. The molecule has 0 spiro atoms. The highest BCUT2D eigenvalue weighted by Gasteiger charge is 2.14. The molecule has 0 aliphatic heterocycles. The van der Waals surface area contributed by atoms with Crippen LogP contribution < -0.4 is 10.1 Å². The first-order valence-electron chi connectivity index (χ1n) is 7.95. The molecule has 0 radical (unpaired) electrons. The number of carbonyl (C=O) groups excluding carboxylic acids is 1. The number of halogens is 2. The summed E-state index contributed by atoms with van der Waals surface area (Å²) in [6.45, 7) is 2.71. The minimum Gasteiger partial charge on any atom is -0.490 e. The van der Waals surface area contributed by atoms with Crippen molar-refractivity contribution >= 4 is 34.8 Å². The van der Waals surface area contributed by atoms with Crippen molar-refractivity contribution in [2.24, 2.45) is 0 Å². The lowest BCUT2D eigenvalue weighted by Crippen LogP contribution is -2.12. The Morgan fingerprint density at radius 3 is 2.58 bits per heavy atom. The summed E-state index contributed by atoms with van der Waals surface area (Å²) in [6.07, 6.45) is 7.60. The Kier molecular flexibility index (Phi) is 7.35. The van der Waals surface area contributed by atoms with Crippen LogP contribution in [0.1, 0.15) is 43.0 Å². The van der Waals surface area contributed by atoms with Crippen molar-refractivity contribution in [1.29, 1.82) is 0 Å². The van der Waals surface area contributed by atoms with Gasteiger partial charge in [0, 0.05) is 11.8 Å². The van der Waals surface area contributed by atoms with E-state index in [4.69, 9.17) is 27.9 Å². The van der Waals surface area contributed by atoms with Crippen LogP contribution in [0.15, 0.2) is 36.7 Å². The lowest BCUT2D eigenvalue weighted by molar-refractivity contribution is 0.102. The molecule has 24 heavy (non-hydrogen) atoms. The normalized spacial score (nSPS) is 10.5. The van der Waals surface area contributed by atoms with E-state index in [1.807, 2.05) is 0 Å². The number of aromatic nitrogens is 1. The summed E-state index contributed by atoms with van der Waals surface area (Å²) in [4.78, 5) is 16.2. The molecule has 1 aromatic carbocycles. The van der Waals surface area contributed by atoms with E-state index in [-0.39, 0.29) is 5.91 Å². The van der Waals surface area contributed by atoms with Crippen LogP contribution in [0.3, 0.4) is 0 Å². The fourth-order valence-electron chi connectivity index (χ4n) is 2.17. The second-order valence-corrected chi connectivity index (χ2v) is 6.19. The van der Waals surface area contributed by atoms with Crippen LogP contribution in [-0.4, -0.2) is 17.5 Å². The highest BCUT2D eigenvalue weighted by atomic mass is 35.5. The molecule has 0 saturated heterocycles. The molecule has 4 nitrogen and oxygen atoms in total. The number of amides is 1. The summed E-state index contributed by atoms with van der Waals surface area (Å²) in [5, 5.41) is 3.40. The second-order valence-electron chi connectivity index (χ2n) is 5.37. The molecule has 1 aromatic heterocycles. The van der Waals surface area contributed by atoms with Crippen molar-refractivity contribution in [3.63, 3.8) is 0 Å². The van der Waals surface area contributed by atoms with Crippen LogP contribution in [0.2, 0.25) is 10.0 Å². The minimum absolute atomic E-state index is 0.304. The van der Waals surface area contributed by atoms with Gasteiger partial charge in [0.1, 0.15) is 0 Å². The molecule has 0 bridgehead atoms. The Bertz CT molecular complexity index is 655. The molecule has 0 saturated carbocycles. The number of nitrogens with one attached hydrogen (secondary N) is 1. The fourth-order valence-corrected chi connectivity index (χ4v) is 2.77. The van der Waals surface area contributed by atoms with Crippen LogP contribution in [0.25, 0.3) is 0 Å². The number of rotatable bonds is 8. The Labute approximate surface area is 152 Å². The maximum Gasteiger partial charge on any atom is 0.255 e. The third kappa shape index (κ3) is 5.39. The van der Waals surface area contributed by atoms with Crippen molar-refractivity contribution in [3.8, 4) is 5.75 Å². The average Bonchev–Trinajstić information content (AvgIpc) is 2.57. The van der Waals surface area contributed by atoms with E-state index >= 15 is 0 Å². The molecule has 1 amide bonds. The first-order valence-corrected chi connectivity index (χ1v) is 8.70. The second kappa shape index (κ2) is 9.50. The molecule has 0 aliphatic carbocycles. The summed E-state index contributed by atoms with van der Waals surface area (Å²) < 4.78 is 5.66. The van der Waals surface area contributed by atoms with Gasteiger partial charge in [0.05, 0.1) is 28.5 Å². The van der Waals surface area contributed by atoms with Gasteiger partial charge < -0.3 is 10.1 Å². The average molecular weight is 367 g/mol. The first-order chi connectivity index (χ1) is 11.6. The van der Waals surface area contributed by atoms with Gasteiger partial charge in [0.2, 0.25) is 0 Å². The van der Waals surface area contributed by atoms with E-state index in [0.717, 1.165) is 12.8 Å². The van der Waals surface area contributed by atoms with Crippen LogP contribution in [-0.2, 0) is 0 Å². The first kappa shape index (κ1) is 18.6. The molecule has 0 atom stereocenters. The van der Waals surface area contributed by atoms with Gasteiger partial charge >= 0.3 is 0 Å². The van der Waals surface area contributed by atoms with Gasteiger partial charge in [-0.1, -0.05) is 49.4 Å². The van der Waals surface area contributed by atoms with E-state index in [2.05, 4.69) is 17.2 Å². The van der Waals surface area contributed by atoms with Gasteiger partial charge in [-0.2, -0.15) is 0 Å². The summed E-state index contributed by atoms with van der Waals surface area (Å²) in [5.74, 6) is 0.119. The number of carbonyl (C=O) groups is 1. The predicted octanol–water partition coefficient (Wildman–Crippen LogP) is 5.60. The fraction of sp³-hybridized carbons (Fsp3) is 0.333. The number of pyridine rings is 1. The topological polar surface area (TPSA) is 51.2 Å². The van der Waals surface area contributed by atoms with Gasteiger partial charge in [-0.25, -0.2) is 0 Å². The van der Waals surface area contributed by atoms with Crippen LogP contribution in [0.4, 0.5) is 5.69 Å². The lowest BCUT2D eigenvalue weighted by Gasteiger charge is -2.12. The zero-order chi connectivity index (χ0) is 17.4. The number of nitrogens with zero attached hydrogens (tertiary/aromatic N) is 1. The van der Waals surface area contributed by atoms with E-state index in [1.54, 1.807) is 36.7 Å². The SMILES string of the molecule is CCCCCCOc1c(Cl)cc(C(=O)Nc2cccnc2)cc1Cl. The van der Waals surface area contributed by atoms with Crippen molar-refractivity contribution in [3.05, 3.63) is 52.3 Å². The molecule has 6 heteroatoms. The Balaban J connectivity index is 2.01. The number of unbranched alkanes of at least 4 members (excludes halogenated alkanes) is 3. The Morgan fingerprint density at radius 2 is 1.96 bits per heavy atom. The standard InChI is InChI=1S/C18H20Cl2N2O2/c1-2-3-4-5-9-24-17-15(19)10-13(11-16(17)20)18(23)22-14-7-6-8-21-12-14/h6-8,10-12H,2-5,9H2,1H3,(H,22,23). The van der Waals surface area contributed by atoms with E-state index in [9.17, 15) is 4.79 Å². The highest BCUT2D eigenvalue weighted by molar-refractivity contribution is 6.37. The third-order valence-electron chi connectivity index (χ3n) is 3.42. The summed E-state index contributed by atoms with van der Waals surface area (Å²) in [5.41, 5.74) is 0.971. The third-order valence-corrected chi connectivity index (χ3v) is 3.99. The van der Waals surface area contributed by atoms with E-state index in [0.29, 0.717) is 33.7 Å². The van der Waals surface area contributed by atoms with Crippen molar-refractivity contribution in [1.82, 2.24) is 4.98 Å². The van der Waals surface area contributed by atoms with Gasteiger partial charge in [0.25, 0.3) is 5.91 Å². The van der Waals surface area contributed by atoms with Crippen LogP contribution in [0, 0.1) is 0 Å². The molecule has 1 N–H and O–H groups in total. The molecule has 128 valence electrons. The van der Waals surface area contributed by atoms with Crippen molar-refractivity contribution in [2.75, 3.05) is 11.9 Å². The predicted molar refractivity (Wildman–Crippen MR) is 98.3 cm³/mol. The maximum atomic E-state index is 12.3. The zero-order valence-electron chi connectivity index (χ0n) is 13.5. The highest BCUT2D eigenvalue weighted by Crippen LogP contribution is 2.34. The van der Waals surface area contributed by atoms with Crippen LogP contribution in [0.5, 0.6) is 5.75 Å². The number of benzene rings is 1. The van der Waals surface area contributed by atoms with Crippen LogP contribution >= 0.6 is 23.2 Å². The van der Waals surface area contributed by atoms with Gasteiger partial charge in [0.15, 0.2) is 5.75 Å². The maximum absolute atomic E-state index is 12.3. The number of hydrogen-bond acceptors (Lipinski definition) is 3. The van der Waals surface area contributed by atoms with E-state index in [1.165, 1.54) is 12.8 Å². The summed E-state index contributed by atoms with van der Waals surface area (Å²) in [6, 6.07) is 6.61. The van der Waals surface area contributed by atoms with Crippen molar-refractivity contribution < 1.29 is 9.53 Å². The zero-order valence-corrected chi connectivity index (χ0v) is 15.0. The molecule has 0 unspecified atom stereocenters. The minimum atomic E-state index is -0.304. The Hall–Kier alpha value is -1.78. The number of ether oxygens (including phenoxy) is 1. The molecular formula is C18H20Cl2N2O2. The molecular weight excluding hydrogens is 347 g/mol. The lowest BCUT2D eigenvalue weighted by atomic mass is 10.2. The van der Waals surface area contributed by atoms with Gasteiger partial charge in [-0.05, 0) is 30.7 Å². The number of anilines is 1. The van der Waals surface area contributed by atoms with Crippen molar-refractivity contribution in [2.45, 2.75) is 32.6 Å². The van der Waals surface area contributed by atoms with Gasteiger partial charge in [-0.3, -0.25) is 9.78 Å². The van der Waals surface area contributed by atoms with Gasteiger partial charge in [-0.15, -0.1) is 0 Å². The summed E-state index contributed by atoms with van der Waals surface area (Å²) >= 11 is 12.4. The molecule has 2 aromatic rings. The molecule has 1 heterocycles. The largest absolute Gasteiger partial charge is 0.490 e.